The first-order valence-corrected chi connectivity index (χ1v) is 10.6. The molecule has 1 saturated heterocycles. The highest BCUT2D eigenvalue weighted by Crippen LogP contribution is 2.22. The van der Waals surface area contributed by atoms with Crippen LogP contribution in [0.25, 0.3) is 11.4 Å². The molecular weight excluding hydrogens is 338 g/mol. The topological polar surface area (TPSA) is 81.0 Å². The van der Waals surface area contributed by atoms with E-state index in [0.29, 0.717) is 19.0 Å². The van der Waals surface area contributed by atoms with Gasteiger partial charge in [-0.3, -0.25) is 14.6 Å². The number of rotatable bonds is 6. The van der Waals surface area contributed by atoms with Crippen LogP contribution in [0.1, 0.15) is 31.9 Å². The molecule has 1 aliphatic heterocycles. The first-order valence-electron chi connectivity index (χ1n) is 8.75. The van der Waals surface area contributed by atoms with E-state index in [4.69, 9.17) is 0 Å². The molecule has 0 aromatic carbocycles. The number of hydrogen-bond donors (Lipinski definition) is 0. The minimum atomic E-state index is -3.11. The van der Waals surface area contributed by atoms with Crippen molar-refractivity contribution in [1.29, 1.82) is 0 Å². The molecule has 0 radical (unpaired) electrons. The molecule has 2 aromatic heterocycles. The van der Waals surface area contributed by atoms with E-state index in [0.717, 1.165) is 49.3 Å². The fourth-order valence-electron chi connectivity index (χ4n) is 3.32. The van der Waals surface area contributed by atoms with Crippen LogP contribution in [-0.4, -0.2) is 51.8 Å². The highest BCUT2D eigenvalue weighted by Gasteiger charge is 2.26. The van der Waals surface area contributed by atoms with E-state index < -0.39 is 10.0 Å². The molecule has 3 rings (SSSR count). The first kappa shape index (κ1) is 18.0. The van der Waals surface area contributed by atoms with Gasteiger partial charge in [-0.05, 0) is 37.7 Å². The Bertz CT molecular complexity index is 801. The third-order valence-electron chi connectivity index (χ3n) is 4.57. The van der Waals surface area contributed by atoms with Crippen molar-refractivity contribution < 1.29 is 8.42 Å². The molecule has 1 atom stereocenters. The zero-order valence-electron chi connectivity index (χ0n) is 14.8. The minimum Gasteiger partial charge on any atom is -0.263 e. The molecule has 7 nitrogen and oxygen atoms in total. The van der Waals surface area contributed by atoms with Gasteiger partial charge >= 0.3 is 0 Å². The van der Waals surface area contributed by atoms with Crippen molar-refractivity contribution in [3.8, 4) is 11.4 Å². The Kier molecular flexibility index (Phi) is 5.48. The summed E-state index contributed by atoms with van der Waals surface area (Å²) in [5, 5.41) is 4.32. The zero-order chi connectivity index (χ0) is 17.9. The van der Waals surface area contributed by atoms with Crippen molar-refractivity contribution in [3.05, 3.63) is 30.4 Å². The number of aryl methyl sites for hydroxylation is 1. The van der Waals surface area contributed by atoms with Crippen LogP contribution >= 0.6 is 0 Å². The molecule has 0 N–H and O–H groups in total. The van der Waals surface area contributed by atoms with Gasteiger partial charge in [0.15, 0.2) is 0 Å². The van der Waals surface area contributed by atoms with Gasteiger partial charge in [0, 0.05) is 32.0 Å². The summed E-state index contributed by atoms with van der Waals surface area (Å²) in [6, 6.07) is 1.95. The fraction of sp³-hybridized carbons (Fsp3) is 0.588. The van der Waals surface area contributed by atoms with Crippen LogP contribution < -0.4 is 0 Å². The molecule has 0 aliphatic carbocycles. The largest absolute Gasteiger partial charge is 0.263 e. The molecule has 0 bridgehead atoms. The summed E-state index contributed by atoms with van der Waals surface area (Å²) in [6.45, 7) is 4.17. The van der Waals surface area contributed by atoms with E-state index in [1.807, 2.05) is 10.7 Å². The minimum absolute atomic E-state index is 0.300. The maximum Gasteiger partial charge on any atom is 0.211 e. The summed E-state index contributed by atoms with van der Waals surface area (Å²) in [7, 11) is -3.11. The molecule has 2 aromatic rings. The van der Waals surface area contributed by atoms with E-state index in [2.05, 4.69) is 22.0 Å². The maximum absolute atomic E-state index is 11.7. The third-order valence-corrected chi connectivity index (χ3v) is 5.84. The van der Waals surface area contributed by atoms with Crippen LogP contribution in [0, 0.1) is 5.92 Å². The number of hydrogen-bond acceptors (Lipinski definition) is 5. The summed E-state index contributed by atoms with van der Waals surface area (Å²) in [4.78, 5) is 9.09. The van der Waals surface area contributed by atoms with Crippen molar-refractivity contribution in [1.82, 2.24) is 24.1 Å². The summed E-state index contributed by atoms with van der Waals surface area (Å²) in [5.41, 5.74) is 2.70. The van der Waals surface area contributed by atoms with E-state index in [1.54, 1.807) is 22.9 Å². The van der Waals surface area contributed by atoms with Crippen LogP contribution in [0.4, 0.5) is 0 Å². The van der Waals surface area contributed by atoms with E-state index in [-0.39, 0.29) is 0 Å². The first-order chi connectivity index (χ1) is 12.0. The quantitative estimate of drug-likeness (QED) is 0.784. The highest BCUT2D eigenvalue weighted by molar-refractivity contribution is 7.88. The lowest BCUT2D eigenvalue weighted by atomic mass is 9.95. The van der Waals surface area contributed by atoms with Crippen molar-refractivity contribution in [2.24, 2.45) is 5.92 Å². The molecule has 0 amide bonds. The average molecular weight is 363 g/mol. The van der Waals surface area contributed by atoms with Gasteiger partial charge in [0.1, 0.15) is 5.69 Å². The molecule has 0 spiro atoms. The fourth-order valence-corrected chi connectivity index (χ4v) is 4.27. The second kappa shape index (κ2) is 7.61. The smallest absolute Gasteiger partial charge is 0.211 e. The lowest BCUT2D eigenvalue weighted by molar-refractivity contribution is 0.265. The van der Waals surface area contributed by atoms with Gasteiger partial charge in [-0.15, -0.1) is 0 Å². The number of aromatic nitrogens is 4. The van der Waals surface area contributed by atoms with Gasteiger partial charge in [-0.2, -0.15) is 5.10 Å². The molecule has 1 fully saturated rings. The predicted octanol–water partition coefficient (Wildman–Crippen LogP) is 1.96. The van der Waals surface area contributed by atoms with Crippen LogP contribution in [0.2, 0.25) is 0 Å². The van der Waals surface area contributed by atoms with Gasteiger partial charge in [-0.25, -0.2) is 12.7 Å². The SMILES string of the molecule is CCCn1nccc1-c1cnc(C[C@@H]2CCCN(S(C)(=O)=O)C2)cn1. The number of piperidine rings is 1. The van der Waals surface area contributed by atoms with Crippen molar-refractivity contribution >= 4 is 10.0 Å². The summed E-state index contributed by atoms with van der Waals surface area (Å²) in [6.07, 6.45) is 10.4. The molecule has 25 heavy (non-hydrogen) atoms. The third kappa shape index (κ3) is 4.43. The van der Waals surface area contributed by atoms with E-state index >= 15 is 0 Å². The molecule has 1 aliphatic rings. The second-order valence-electron chi connectivity index (χ2n) is 6.67. The summed E-state index contributed by atoms with van der Waals surface area (Å²) < 4.78 is 27.0. The highest BCUT2D eigenvalue weighted by atomic mass is 32.2. The Balaban J connectivity index is 1.67. The monoisotopic (exact) mass is 363 g/mol. The Labute approximate surface area is 149 Å². The van der Waals surface area contributed by atoms with Gasteiger partial charge in [-0.1, -0.05) is 6.92 Å². The standard InChI is InChI=1S/C17H25N5O2S/c1-3-8-22-17(6-7-20-22)16-12-18-15(11-19-16)10-14-5-4-9-21(13-14)25(2,23)24/h6-7,11-12,14H,3-5,8-10,13H2,1-2H3/t14-/m0/s1. The summed E-state index contributed by atoms with van der Waals surface area (Å²) in [5.74, 6) is 0.300. The van der Waals surface area contributed by atoms with Crippen LogP contribution in [0.5, 0.6) is 0 Å². The number of sulfonamides is 1. The van der Waals surface area contributed by atoms with Gasteiger partial charge in [0.2, 0.25) is 10.0 Å². The van der Waals surface area contributed by atoms with Crippen molar-refractivity contribution in [2.75, 3.05) is 19.3 Å². The van der Waals surface area contributed by atoms with Gasteiger partial charge < -0.3 is 0 Å². The van der Waals surface area contributed by atoms with E-state index in [1.165, 1.54) is 6.26 Å². The Morgan fingerprint density at radius 3 is 2.80 bits per heavy atom. The summed E-state index contributed by atoms with van der Waals surface area (Å²) >= 11 is 0. The van der Waals surface area contributed by atoms with Gasteiger partial charge in [0.05, 0.1) is 23.8 Å². The molecule has 3 heterocycles. The molecule has 0 saturated carbocycles. The van der Waals surface area contributed by atoms with Crippen LogP contribution in [-0.2, 0) is 23.0 Å². The number of nitrogens with zero attached hydrogens (tertiary/aromatic N) is 5. The normalized spacial score (nSPS) is 19.2. The average Bonchev–Trinajstić information content (AvgIpc) is 3.04. The molecule has 8 heteroatoms. The second-order valence-corrected chi connectivity index (χ2v) is 8.65. The lowest BCUT2D eigenvalue weighted by Crippen LogP contribution is -2.39. The zero-order valence-corrected chi connectivity index (χ0v) is 15.6. The van der Waals surface area contributed by atoms with Crippen molar-refractivity contribution in [2.45, 2.75) is 39.2 Å². The predicted molar refractivity (Wildman–Crippen MR) is 96.4 cm³/mol. The van der Waals surface area contributed by atoms with Crippen molar-refractivity contribution in [3.63, 3.8) is 0 Å². The lowest BCUT2D eigenvalue weighted by Gasteiger charge is -2.30. The molecule has 136 valence electrons. The van der Waals surface area contributed by atoms with Gasteiger partial charge in [0.25, 0.3) is 0 Å². The Morgan fingerprint density at radius 2 is 2.12 bits per heavy atom. The maximum atomic E-state index is 11.7. The van der Waals surface area contributed by atoms with Crippen LogP contribution in [0.15, 0.2) is 24.7 Å². The van der Waals surface area contributed by atoms with E-state index in [9.17, 15) is 8.42 Å². The van der Waals surface area contributed by atoms with Crippen LogP contribution in [0.3, 0.4) is 0 Å². The molecular formula is C17H25N5O2S. The Hall–Kier alpha value is -1.80. The Morgan fingerprint density at radius 1 is 1.28 bits per heavy atom. The molecule has 0 unspecified atom stereocenters.